The summed E-state index contributed by atoms with van der Waals surface area (Å²) in [5, 5.41) is 0. The standard InChI is InChI=1S/C35H34O6.2C4H6O.C4H8.CH2O/c1-22(2)21-40-32-18-26(24-8-10-25(11-9-24)27-13-16-30(37-5)33(19-27)39-7)12-15-29(32)28-14-17-31(38-6)34(20-28)41-35(36)23(3)4;2*1-4(2)3-5;1-4(2)3;1-2/h8-21H,3H2,1-2,4-7H3;2*3H,1H2,2H3;1H2,2-3H3;1H2. The number of allylic oxidation sites excluding steroid dienone is 4. The molecular weight excluding hydrogens is 721 g/mol. The predicted molar refractivity (Wildman–Crippen MR) is 232 cm³/mol. The molecule has 0 amide bonds. The van der Waals surface area contributed by atoms with Gasteiger partial charge in [0.1, 0.15) is 25.1 Å². The number of carbonyl (C=O) groups excluding carboxylic acids is 4. The first-order valence-electron chi connectivity index (χ1n) is 17.5. The van der Waals surface area contributed by atoms with Crippen molar-refractivity contribution in [2.45, 2.75) is 48.5 Å². The van der Waals surface area contributed by atoms with E-state index in [2.05, 4.69) is 50.6 Å². The molecule has 57 heavy (non-hydrogen) atoms. The maximum atomic E-state index is 12.2. The fraction of sp³-hybridized carbons (Fsp3) is 0.208. The van der Waals surface area contributed by atoms with Crippen LogP contribution >= 0.6 is 0 Å². The molecule has 4 aromatic rings. The van der Waals surface area contributed by atoms with Crippen molar-refractivity contribution in [2.24, 2.45) is 0 Å². The summed E-state index contributed by atoms with van der Waals surface area (Å²) in [7, 11) is 4.78. The second-order valence-electron chi connectivity index (χ2n) is 12.8. The predicted octanol–water partition coefficient (Wildman–Crippen LogP) is 11.4. The number of esters is 1. The van der Waals surface area contributed by atoms with E-state index in [0.29, 0.717) is 45.5 Å². The Bertz CT molecular complexity index is 1990. The highest BCUT2D eigenvalue weighted by atomic mass is 16.6. The Labute approximate surface area is 338 Å². The molecule has 0 bridgehead atoms. The summed E-state index contributed by atoms with van der Waals surface area (Å²) in [5.74, 6) is 2.27. The zero-order valence-corrected chi connectivity index (χ0v) is 34.9. The first-order chi connectivity index (χ1) is 27.0. The third-order valence-corrected chi connectivity index (χ3v) is 6.77. The van der Waals surface area contributed by atoms with Gasteiger partial charge in [-0.1, -0.05) is 73.8 Å². The average molecular weight is 777 g/mol. The van der Waals surface area contributed by atoms with E-state index in [0.717, 1.165) is 51.5 Å². The number of benzene rings is 4. The van der Waals surface area contributed by atoms with Gasteiger partial charge in [-0.15, -0.1) is 6.58 Å². The van der Waals surface area contributed by atoms with Gasteiger partial charge in [-0.3, -0.25) is 9.59 Å². The Morgan fingerprint density at radius 3 is 1.25 bits per heavy atom. The maximum Gasteiger partial charge on any atom is 0.338 e. The van der Waals surface area contributed by atoms with E-state index >= 15 is 0 Å². The van der Waals surface area contributed by atoms with Crippen LogP contribution in [0.25, 0.3) is 33.4 Å². The molecule has 9 heteroatoms. The molecule has 0 aliphatic carbocycles. The zero-order chi connectivity index (χ0) is 43.7. The minimum Gasteiger partial charge on any atom is -0.493 e. The van der Waals surface area contributed by atoms with Crippen LogP contribution in [0, 0.1) is 0 Å². The highest BCUT2D eigenvalue weighted by Gasteiger charge is 2.16. The van der Waals surface area contributed by atoms with Gasteiger partial charge in [0.15, 0.2) is 23.0 Å². The molecule has 0 aliphatic heterocycles. The van der Waals surface area contributed by atoms with E-state index < -0.39 is 5.97 Å². The van der Waals surface area contributed by atoms with E-state index in [-0.39, 0.29) is 0 Å². The van der Waals surface area contributed by atoms with E-state index in [1.54, 1.807) is 53.4 Å². The molecular formula is C48H56O9. The van der Waals surface area contributed by atoms with Gasteiger partial charge < -0.3 is 28.5 Å². The number of hydrogen-bond donors (Lipinski definition) is 0. The Balaban J connectivity index is 0.00000167. The van der Waals surface area contributed by atoms with Crippen molar-refractivity contribution >= 4 is 25.3 Å². The number of rotatable bonds is 12. The summed E-state index contributed by atoms with van der Waals surface area (Å²) in [6, 6.07) is 25.7. The number of hydrogen-bond acceptors (Lipinski definition) is 9. The summed E-state index contributed by atoms with van der Waals surface area (Å²) in [6.07, 6.45) is 3.16. The molecule has 0 N–H and O–H groups in total. The van der Waals surface area contributed by atoms with Gasteiger partial charge in [-0.05, 0) is 123 Å². The third-order valence-electron chi connectivity index (χ3n) is 6.77. The van der Waals surface area contributed by atoms with Crippen LogP contribution in [0.15, 0.2) is 139 Å². The van der Waals surface area contributed by atoms with E-state index in [4.69, 9.17) is 28.5 Å². The molecule has 0 aliphatic rings. The topological polar surface area (TPSA) is 114 Å². The van der Waals surface area contributed by atoms with Crippen molar-refractivity contribution in [1.29, 1.82) is 0 Å². The van der Waals surface area contributed by atoms with Crippen LogP contribution in [0.4, 0.5) is 0 Å². The normalized spacial score (nSPS) is 9.16. The quantitative estimate of drug-likeness (QED) is 0.0346. The second-order valence-corrected chi connectivity index (χ2v) is 12.8. The average Bonchev–Trinajstić information content (AvgIpc) is 3.20. The summed E-state index contributed by atoms with van der Waals surface area (Å²) >= 11 is 0. The second kappa shape index (κ2) is 26.9. The van der Waals surface area contributed by atoms with Gasteiger partial charge in [0.25, 0.3) is 0 Å². The van der Waals surface area contributed by atoms with Crippen LogP contribution in [-0.4, -0.2) is 46.7 Å². The highest BCUT2D eigenvalue weighted by Crippen LogP contribution is 2.40. The van der Waals surface area contributed by atoms with Crippen LogP contribution in [-0.2, 0) is 19.2 Å². The van der Waals surface area contributed by atoms with Crippen LogP contribution in [0.1, 0.15) is 48.5 Å². The van der Waals surface area contributed by atoms with Crippen molar-refractivity contribution in [1.82, 2.24) is 0 Å². The molecule has 9 nitrogen and oxygen atoms in total. The molecule has 302 valence electrons. The number of methoxy groups -OCH3 is 3. The van der Waals surface area contributed by atoms with E-state index in [9.17, 15) is 14.4 Å². The summed E-state index contributed by atoms with van der Waals surface area (Å²) < 4.78 is 27.9. The largest absolute Gasteiger partial charge is 0.493 e. The third kappa shape index (κ3) is 18.4. The number of aldehydes is 2. The van der Waals surface area contributed by atoms with Gasteiger partial charge in [-0.2, -0.15) is 0 Å². The SMILES string of the molecule is C=C(C)C.C=C(C)C(=O)Oc1cc(-c2ccc(-c3ccc(-c4ccc(OC)c(OC)c4)cc3)cc2OC=C(C)C)ccc1OC.C=C(C)C=O.C=C(C)C=O.C=O. The zero-order valence-electron chi connectivity index (χ0n) is 34.9. The Morgan fingerprint density at radius 2 is 0.860 bits per heavy atom. The van der Waals surface area contributed by atoms with Gasteiger partial charge >= 0.3 is 5.97 Å². The van der Waals surface area contributed by atoms with Crippen molar-refractivity contribution in [2.75, 3.05) is 21.3 Å². The summed E-state index contributed by atoms with van der Waals surface area (Å²) in [4.78, 5) is 39.0. The number of carbonyl (C=O) groups is 4. The Morgan fingerprint density at radius 1 is 0.509 bits per heavy atom. The smallest absolute Gasteiger partial charge is 0.338 e. The molecule has 0 radical (unpaired) electrons. The first kappa shape index (κ1) is 50.3. The molecule has 0 unspecified atom stereocenters. The lowest BCUT2D eigenvalue weighted by Crippen LogP contribution is -2.09. The van der Waals surface area contributed by atoms with Crippen LogP contribution in [0.3, 0.4) is 0 Å². The lowest BCUT2D eigenvalue weighted by Gasteiger charge is -2.15. The molecule has 0 aromatic heterocycles. The van der Waals surface area contributed by atoms with Crippen molar-refractivity contribution in [3.8, 4) is 62.1 Å². The van der Waals surface area contributed by atoms with Crippen LogP contribution < -0.4 is 23.7 Å². The van der Waals surface area contributed by atoms with Crippen molar-refractivity contribution in [3.63, 3.8) is 0 Å². The van der Waals surface area contributed by atoms with Crippen LogP contribution in [0.2, 0.25) is 0 Å². The van der Waals surface area contributed by atoms with E-state index in [1.807, 2.05) is 76.9 Å². The fourth-order valence-electron chi connectivity index (χ4n) is 4.20. The Hall–Kier alpha value is -6.74. The lowest BCUT2D eigenvalue weighted by molar-refractivity contribution is -0.130. The van der Waals surface area contributed by atoms with Gasteiger partial charge in [-0.25, -0.2) is 4.79 Å². The molecule has 0 spiro atoms. The fourth-order valence-corrected chi connectivity index (χ4v) is 4.20. The Kier molecular flexibility index (Phi) is 23.8. The minimum absolute atomic E-state index is 0.298. The molecule has 0 heterocycles. The molecule has 4 aromatic carbocycles. The van der Waals surface area contributed by atoms with Crippen molar-refractivity contribution < 1.29 is 42.9 Å². The highest BCUT2D eigenvalue weighted by molar-refractivity contribution is 5.89. The van der Waals surface area contributed by atoms with Crippen molar-refractivity contribution in [3.05, 3.63) is 139 Å². The summed E-state index contributed by atoms with van der Waals surface area (Å²) in [6.45, 7) is 28.6. The maximum absolute atomic E-state index is 12.2. The molecule has 4 rings (SSSR count). The number of ether oxygens (including phenoxy) is 5. The minimum atomic E-state index is -0.520. The van der Waals surface area contributed by atoms with Crippen LogP contribution in [0.5, 0.6) is 28.7 Å². The molecule has 0 atom stereocenters. The lowest BCUT2D eigenvalue weighted by atomic mass is 9.97. The van der Waals surface area contributed by atoms with Gasteiger partial charge in [0.2, 0.25) is 0 Å². The van der Waals surface area contributed by atoms with E-state index in [1.165, 1.54) is 12.7 Å². The van der Waals surface area contributed by atoms with Gasteiger partial charge in [0.05, 0.1) is 27.6 Å². The first-order valence-corrected chi connectivity index (χ1v) is 17.5. The molecule has 0 saturated carbocycles. The van der Waals surface area contributed by atoms with Gasteiger partial charge in [0, 0.05) is 11.1 Å². The molecule has 0 fully saturated rings. The summed E-state index contributed by atoms with van der Waals surface area (Å²) in [5.41, 5.74) is 9.39. The monoisotopic (exact) mass is 776 g/mol. The molecule has 0 saturated heterocycles.